The molecule has 0 aromatic carbocycles. The van der Waals surface area contributed by atoms with Crippen LogP contribution in [0.15, 0.2) is 6.07 Å². The van der Waals surface area contributed by atoms with E-state index in [2.05, 4.69) is 14.9 Å². The van der Waals surface area contributed by atoms with Gasteiger partial charge in [-0.15, -0.1) is 0 Å². The molecule has 0 bridgehead atoms. The second-order valence-electron chi connectivity index (χ2n) is 6.63. The molecule has 0 N–H and O–H groups in total. The topological polar surface area (TPSA) is 58.6 Å². The van der Waals surface area contributed by atoms with Crippen LogP contribution in [-0.2, 0) is 11.2 Å². The van der Waals surface area contributed by atoms with Crippen LogP contribution in [0.3, 0.4) is 0 Å². The Morgan fingerprint density at radius 3 is 2.65 bits per heavy atom. The minimum Gasteiger partial charge on any atom is -0.444 e. The van der Waals surface area contributed by atoms with Gasteiger partial charge in [-0.05, 0) is 27.2 Å². The third-order valence-electron chi connectivity index (χ3n) is 3.52. The smallest absolute Gasteiger partial charge is 0.410 e. The number of halogens is 1. The number of ether oxygens (including phenoxy) is 1. The van der Waals surface area contributed by atoms with Gasteiger partial charge in [0, 0.05) is 38.7 Å². The highest BCUT2D eigenvalue weighted by Gasteiger charge is 2.25. The number of carbonyl (C=O) groups is 1. The molecule has 1 aromatic rings. The van der Waals surface area contributed by atoms with E-state index in [1.54, 1.807) is 11.0 Å². The number of hydrogen-bond acceptors (Lipinski definition) is 5. The lowest BCUT2D eigenvalue weighted by molar-refractivity contribution is 0.0263. The van der Waals surface area contributed by atoms with E-state index in [0.29, 0.717) is 24.8 Å². The zero-order chi connectivity index (χ0) is 17.0. The molecule has 0 aliphatic carbocycles. The van der Waals surface area contributed by atoms with E-state index in [4.69, 9.17) is 16.3 Å². The Labute approximate surface area is 142 Å². The predicted molar refractivity (Wildman–Crippen MR) is 91.1 cm³/mol. The molecule has 1 saturated heterocycles. The van der Waals surface area contributed by atoms with Gasteiger partial charge in [0.2, 0.25) is 0 Å². The number of aromatic nitrogens is 2. The van der Waals surface area contributed by atoms with Crippen LogP contribution in [-0.4, -0.2) is 52.7 Å². The van der Waals surface area contributed by atoms with Gasteiger partial charge in [-0.3, -0.25) is 0 Å². The van der Waals surface area contributed by atoms with Crippen molar-refractivity contribution in [1.29, 1.82) is 0 Å². The molecule has 0 radical (unpaired) electrons. The molecule has 23 heavy (non-hydrogen) atoms. The van der Waals surface area contributed by atoms with Gasteiger partial charge in [0.1, 0.15) is 22.4 Å². The Kier molecular flexibility index (Phi) is 5.68. The summed E-state index contributed by atoms with van der Waals surface area (Å²) in [6.45, 7) is 10.5. The van der Waals surface area contributed by atoms with Crippen LogP contribution >= 0.6 is 11.6 Å². The molecule has 7 heteroatoms. The molecular formula is C16H25ClN4O2. The van der Waals surface area contributed by atoms with E-state index >= 15 is 0 Å². The minimum atomic E-state index is -0.473. The molecule has 0 atom stereocenters. The summed E-state index contributed by atoms with van der Waals surface area (Å²) < 4.78 is 5.45. The Bertz CT molecular complexity index is 560. The number of hydrogen-bond donors (Lipinski definition) is 0. The van der Waals surface area contributed by atoms with Crippen molar-refractivity contribution in [2.75, 3.05) is 31.1 Å². The lowest BCUT2D eigenvalue weighted by Crippen LogP contribution is -2.39. The molecule has 0 unspecified atom stereocenters. The maximum atomic E-state index is 12.2. The van der Waals surface area contributed by atoms with Crippen LogP contribution in [0.25, 0.3) is 0 Å². The van der Waals surface area contributed by atoms with Gasteiger partial charge in [-0.1, -0.05) is 18.5 Å². The number of amides is 1. The maximum Gasteiger partial charge on any atom is 0.410 e. The fraction of sp³-hybridized carbons (Fsp3) is 0.688. The summed E-state index contributed by atoms with van der Waals surface area (Å²) in [6.07, 6.45) is 1.35. The van der Waals surface area contributed by atoms with Crippen molar-refractivity contribution in [2.45, 2.75) is 46.1 Å². The van der Waals surface area contributed by atoms with Gasteiger partial charge in [0.15, 0.2) is 0 Å². The number of carbonyl (C=O) groups excluding carboxylic acids is 1. The molecule has 2 heterocycles. The average Bonchev–Trinajstić information content (AvgIpc) is 2.70. The zero-order valence-corrected chi connectivity index (χ0v) is 15.1. The highest BCUT2D eigenvalue weighted by atomic mass is 35.5. The van der Waals surface area contributed by atoms with Gasteiger partial charge in [0.05, 0.1) is 0 Å². The van der Waals surface area contributed by atoms with E-state index < -0.39 is 5.60 Å². The van der Waals surface area contributed by atoms with Gasteiger partial charge >= 0.3 is 6.09 Å². The first-order valence-electron chi connectivity index (χ1n) is 8.05. The molecule has 0 saturated carbocycles. The first-order valence-corrected chi connectivity index (χ1v) is 8.42. The van der Waals surface area contributed by atoms with Crippen LogP contribution in [0.1, 0.15) is 39.9 Å². The van der Waals surface area contributed by atoms with Crippen molar-refractivity contribution >= 4 is 23.5 Å². The lowest BCUT2D eigenvalue weighted by Gasteiger charge is -2.26. The Morgan fingerprint density at radius 2 is 2.00 bits per heavy atom. The normalized spacial score (nSPS) is 16.2. The fourth-order valence-corrected chi connectivity index (χ4v) is 2.62. The van der Waals surface area contributed by atoms with Crippen LogP contribution in [0.4, 0.5) is 10.6 Å². The quantitative estimate of drug-likeness (QED) is 0.774. The van der Waals surface area contributed by atoms with E-state index in [9.17, 15) is 4.79 Å². The van der Waals surface area contributed by atoms with Gasteiger partial charge in [0.25, 0.3) is 0 Å². The molecule has 2 rings (SSSR count). The first kappa shape index (κ1) is 17.8. The number of nitrogens with zero attached hydrogens (tertiary/aromatic N) is 4. The molecule has 1 amide bonds. The number of anilines is 1. The average molecular weight is 341 g/mol. The third kappa shape index (κ3) is 5.23. The largest absolute Gasteiger partial charge is 0.444 e. The van der Waals surface area contributed by atoms with Crippen LogP contribution in [0.5, 0.6) is 0 Å². The Balaban J connectivity index is 2.04. The second kappa shape index (κ2) is 7.34. The summed E-state index contributed by atoms with van der Waals surface area (Å²) in [7, 11) is 0. The summed E-state index contributed by atoms with van der Waals surface area (Å²) in [5.74, 6) is 1.56. The van der Waals surface area contributed by atoms with Crippen molar-refractivity contribution in [3.8, 4) is 0 Å². The van der Waals surface area contributed by atoms with Gasteiger partial charge in [-0.2, -0.15) is 0 Å². The molecule has 1 aliphatic rings. The van der Waals surface area contributed by atoms with Gasteiger partial charge < -0.3 is 14.5 Å². The van der Waals surface area contributed by atoms with Crippen molar-refractivity contribution in [1.82, 2.24) is 14.9 Å². The molecular weight excluding hydrogens is 316 g/mol. The molecule has 1 aromatic heterocycles. The van der Waals surface area contributed by atoms with Crippen LogP contribution in [0, 0.1) is 0 Å². The van der Waals surface area contributed by atoms with Crippen molar-refractivity contribution in [2.24, 2.45) is 0 Å². The van der Waals surface area contributed by atoms with Crippen LogP contribution < -0.4 is 4.90 Å². The zero-order valence-electron chi connectivity index (χ0n) is 14.3. The summed E-state index contributed by atoms with van der Waals surface area (Å²) in [5.41, 5.74) is -0.473. The first-order chi connectivity index (χ1) is 10.8. The Hall–Kier alpha value is -1.56. The molecule has 1 aliphatic heterocycles. The summed E-state index contributed by atoms with van der Waals surface area (Å²) >= 11 is 6.08. The number of rotatable bonds is 2. The second-order valence-corrected chi connectivity index (χ2v) is 7.01. The number of aryl methyl sites for hydroxylation is 1. The van der Waals surface area contributed by atoms with Crippen LogP contribution in [0.2, 0.25) is 5.15 Å². The minimum absolute atomic E-state index is 0.255. The molecule has 1 fully saturated rings. The van der Waals surface area contributed by atoms with Crippen molar-refractivity contribution < 1.29 is 9.53 Å². The monoisotopic (exact) mass is 340 g/mol. The van der Waals surface area contributed by atoms with Gasteiger partial charge in [-0.25, -0.2) is 14.8 Å². The summed E-state index contributed by atoms with van der Waals surface area (Å²) in [5, 5.41) is 0.458. The van der Waals surface area contributed by atoms with Crippen molar-refractivity contribution in [3.63, 3.8) is 0 Å². The van der Waals surface area contributed by atoms with E-state index in [1.807, 2.05) is 27.7 Å². The van der Waals surface area contributed by atoms with E-state index in [1.165, 1.54) is 0 Å². The highest BCUT2D eigenvalue weighted by Crippen LogP contribution is 2.19. The Morgan fingerprint density at radius 1 is 1.26 bits per heavy atom. The molecule has 0 spiro atoms. The highest BCUT2D eigenvalue weighted by molar-refractivity contribution is 6.29. The fourth-order valence-electron chi connectivity index (χ4n) is 2.43. The maximum absolute atomic E-state index is 12.2. The summed E-state index contributed by atoms with van der Waals surface area (Å²) in [4.78, 5) is 24.9. The lowest BCUT2D eigenvalue weighted by atomic mass is 10.2. The summed E-state index contributed by atoms with van der Waals surface area (Å²) in [6, 6.07) is 1.78. The van der Waals surface area contributed by atoms with E-state index in [0.717, 1.165) is 31.0 Å². The third-order valence-corrected chi connectivity index (χ3v) is 3.71. The van der Waals surface area contributed by atoms with E-state index in [-0.39, 0.29) is 6.09 Å². The predicted octanol–water partition coefficient (Wildman–Crippen LogP) is 3.14. The molecule has 128 valence electrons. The molecule has 6 nitrogen and oxygen atoms in total. The SMILES string of the molecule is CCc1nc(Cl)cc(N2CCCN(C(=O)OC(C)(C)C)CC2)n1. The van der Waals surface area contributed by atoms with Crippen molar-refractivity contribution in [3.05, 3.63) is 17.0 Å². The standard InChI is InChI=1S/C16H25ClN4O2/c1-5-13-18-12(17)11-14(19-13)20-7-6-8-21(10-9-20)15(22)23-16(2,3)4/h11H,5-10H2,1-4H3.